The first-order valence-electron chi connectivity index (χ1n) is 13.4. The van der Waals surface area contributed by atoms with Gasteiger partial charge in [-0.2, -0.15) is 0 Å². The highest BCUT2D eigenvalue weighted by molar-refractivity contribution is 5.44. The molecule has 0 bridgehead atoms. The Kier molecular flexibility index (Phi) is 6.29. The highest BCUT2D eigenvalue weighted by Crippen LogP contribution is 2.86. The van der Waals surface area contributed by atoms with Gasteiger partial charge in [0.05, 0.1) is 0 Å². The van der Waals surface area contributed by atoms with Gasteiger partial charge < -0.3 is 5.73 Å². The fourth-order valence-electron chi connectivity index (χ4n) is 9.23. The van der Waals surface area contributed by atoms with Crippen molar-refractivity contribution in [3.63, 3.8) is 0 Å². The number of rotatable bonds is 9. The first kappa shape index (κ1) is 21.9. The van der Waals surface area contributed by atoms with E-state index in [1.807, 2.05) is 5.57 Å². The molecule has 1 heteroatoms. The maximum absolute atomic E-state index is 6.40. The maximum atomic E-state index is 6.40. The van der Waals surface area contributed by atoms with E-state index in [-0.39, 0.29) is 0 Å². The van der Waals surface area contributed by atoms with E-state index in [4.69, 9.17) is 5.73 Å². The van der Waals surface area contributed by atoms with Gasteiger partial charge in [-0.05, 0) is 85.9 Å². The van der Waals surface area contributed by atoms with E-state index in [9.17, 15) is 0 Å². The second-order valence-electron chi connectivity index (χ2n) is 11.9. The van der Waals surface area contributed by atoms with Crippen molar-refractivity contribution in [3.8, 4) is 0 Å². The van der Waals surface area contributed by atoms with E-state index in [1.54, 1.807) is 0 Å². The van der Waals surface area contributed by atoms with Crippen molar-refractivity contribution in [3.05, 3.63) is 11.6 Å². The van der Waals surface area contributed by atoms with E-state index in [0.717, 1.165) is 35.5 Å². The van der Waals surface area contributed by atoms with Gasteiger partial charge in [0.1, 0.15) is 0 Å². The SMILES string of the molecule is CCCC1C23CCC(N)CC2=CCC13C1CCC(CCCC(CC)C(C)C)C1C. The standard InChI is InChI=1S/C28H49N/c1-6-9-26-27-17-15-24(29)18-23(27)14-16-28(26,27)25-13-12-22(20(25)5)11-8-10-21(7-2)19(3)4/h14,19-22,24-26H,6-13,15-18,29H2,1-5H3. The van der Waals surface area contributed by atoms with E-state index < -0.39 is 0 Å². The molecule has 8 unspecified atom stereocenters. The van der Waals surface area contributed by atoms with Crippen LogP contribution in [-0.2, 0) is 0 Å². The summed E-state index contributed by atoms with van der Waals surface area (Å²) in [7, 11) is 0. The molecule has 4 aliphatic rings. The highest BCUT2D eigenvalue weighted by Gasteiger charge is 2.80. The van der Waals surface area contributed by atoms with Crippen LogP contribution in [0.4, 0.5) is 0 Å². The van der Waals surface area contributed by atoms with Crippen LogP contribution < -0.4 is 5.73 Å². The molecule has 3 fully saturated rings. The Labute approximate surface area is 181 Å². The van der Waals surface area contributed by atoms with Crippen molar-refractivity contribution in [2.75, 3.05) is 0 Å². The number of hydrogen-bond acceptors (Lipinski definition) is 1. The molecule has 1 spiro atoms. The van der Waals surface area contributed by atoms with E-state index >= 15 is 0 Å². The minimum Gasteiger partial charge on any atom is -0.327 e. The fourth-order valence-corrected chi connectivity index (χ4v) is 9.23. The molecule has 166 valence electrons. The van der Waals surface area contributed by atoms with Crippen LogP contribution in [0.15, 0.2) is 11.6 Å². The normalized spacial score (nSPS) is 44.5. The van der Waals surface area contributed by atoms with Crippen LogP contribution in [0.5, 0.6) is 0 Å². The molecule has 2 N–H and O–H groups in total. The van der Waals surface area contributed by atoms with Gasteiger partial charge in [-0.15, -0.1) is 0 Å². The molecule has 0 aromatic carbocycles. The number of nitrogens with two attached hydrogens (primary N) is 1. The lowest BCUT2D eigenvalue weighted by Crippen LogP contribution is -2.32. The van der Waals surface area contributed by atoms with Gasteiger partial charge in [-0.1, -0.05) is 78.4 Å². The molecule has 3 saturated carbocycles. The third kappa shape index (κ3) is 3.28. The van der Waals surface area contributed by atoms with Crippen molar-refractivity contribution in [1.82, 2.24) is 0 Å². The molecule has 0 aliphatic heterocycles. The first-order valence-corrected chi connectivity index (χ1v) is 13.4. The van der Waals surface area contributed by atoms with Gasteiger partial charge >= 0.3 is 0 Å². The minimum absolute atomic E-state index is 0.437. The van der Waals surface area contributed by atoms with E-state index in [2.05, 4.69) is 40.7 Å². The number of allylic oxidation sites excluding steroid dienone is 1. The summed E-state index contributed by atoms with van der Waals surface area (Å²) in [6.45, 7) is 12.3. The van der Waals surface area contributed by atoms with E-state index in [0.29, 0.717) is 16.9 Å². The largest absolute Gasteiger partial charge is 0.327 e. The number of hydrogen-bond donors (Lipinski definition) is 1. The molecule has 4 rings (SSSR count). The van der Waals surface area contributed by atoms with Crippen molar-refractivity contribution < 1.29 is 0 Å². The van der Waals surface area contributed by atoms with Crippen LogP contribution in [0.2, 0.25) is 0 Å². The van der Waals surface area contributed by atoms with Crippen LogP contribution in [0.3, 0.4) is 0 Å². The minimum atomic E-state index is 0.437. The van der Waals surface area contributed by atoms with Crippen molar-refractivity contribution in [2.45, 2.75) is 118 Å². The van der Waals surface area contributed by atoms with Gasteiger partial charge in [0.15, 0.2) is 0 Å². The summed E-state index contributed by atoms with van der Waals surface area (Å²) >= 11 is 0. The second kappa shape index (κ2) is 8.33. The fraction of sp³-hybridized carbons (Fsp3) is 0.929. The van der Waals surface area contributed by atoms with Crippen molar-refractivity contribution in [2.24, 2.45) is 52.1 Å². The molecular weight excluding hydrogens is 350 g/mol. The third-order valence-electron chi connectivity index (χ3n) is 10.7. The molecule has 0 radical (unpaired) electrons. The monoisotopic (exact) mass is 399 g/mol. The second-order valence-corrected chi connectivity index (χ2v) is 11.9. The lowest BCUT2D eigenvalue weighted by Gasteiger charge is -2.35. The summed E-state index contributed by atoms with van der Waals surface area (Å²) in [5.74, 6) is 5.71. The highest BCUT2D eigenvalue weighted by atomic mass is 14.9. The maximum Gasteiger partial charge on any atom is 0.00766 e. The zero-order valence-electron chi connectivity index (χ0n) is 20.2. The Morgan fingerprint density at radius 3 is 2.62 bits per heavy atom. The molecule has 0 heterocycles. The molecule has 0 aromatic rings. The van der Waals surface area contributed by atoms with Gasteiger partial charge in [-0.3, -0.25) is 0 Å². The Morgan fingerprint density at radius 1 is 1.14 bits per heavy atom. The summed E-state index contributed by atoms with van der Waals surface area (Å²) < 4.78 is 0. The summed E-state index contributed by atoms with van der Waals surface area (Å²) in [5, 5.41) is 0. The average Bonchev–Trinajstić information content (AvgIpc) is 2.93. The molecule has 4 aliphatic carbocycles. The smallest absolute Gasteiger partial charge is 0.00766 e. The van der Waals surface area contributed by atoms with Crippen LogP contribution in [0.25, 0.3) is 0 Å². The summed E-state index contributed by atoms with van der Waals surface area (Å²) in [6.07, 6.45) is 19.6. The topological polar surface area (TPSA) is 26.0 Å². The van der Waals surface area contributed by atoms with Crippen LogP contribution >= 0.6 is 0 Å². The predicted molar refractivity (Wildman–Crippen MR) is 126 cm³/mol. The quantitative estimate of drug-likeness (QED) is 0.394. The molecule has 0 saturated heterocycles. The van der Waals surface area contributed by atoms with Crippen LogP contribution in [0.1, 0.15) is 112 Å². The molecule has 1 nitrogen and oxygen atoms in total. The molecule has 0 amide bonds. The Morgan fingerprint density at radius 2 is 1.93 bits per heavy atom. The third-order valence-corrected chi connectivity index (χ3v) is 10.7. The predicted octanol–water partition coefficient (Wildman–Crippen LogP) is 7.75. The lowest BCUT2D eigenvalue weighted by molar-refractivity contribution is 0.170. The van der Waals surface area contributed by atoms with Crippen molar-refractivity contribution in [1.29, 1.82) is 0 Å². The summed E-state index contributed by atoms with van der Waals surface area (Å²) in [4.78, 5) is 0. The first-order chi connectivity index (χ1) is 13.9. The molecular formula is C28H49N. The molecule has 8 atom stereocenters. The summed E-state index contributed by atoms with van der Waals surface area (Å²) in [6, 6.07) is 0.437. The van der Waals surface area contributed by atoms with Gasteiger partial charge in [-0.25, -0.2) is 0 Å². The van der Waals surface area contributed by atoms with Crippen LogP contribution in [-0.4, -0.2) is 6.04 Å². The zero-order chi connectivity index (χ0) is 20.8. The van der Waals surface area contributed by atoms with Crippen LogP contribution in [0, 0.1) is 46.3 Å². The zero-order valence-corrected chi connectivity index (χ0v) is 20.2. The molecule has 0 aromatic heterocycles. The van der Waals surface area contributed by atoms with Crippen molar-refractivity contribution >= 4 is 0 Å². The summed E-state index contributed by atoms with van der Waals surface area (Å²) in [5.41, 5.74) is 9.46. The lowest BCUT2D eigenvalue weighted by atomic mass is 9.70. The average molecular weight is 400 g/mol. The Balaban J connectivity index is 1.42. The Hall–Kier alpha value is -0.300. The van der Waals surface area contributed by atoms with Gasteiger partial charge in [0.25, 0.3) is 0 Å². The Bertz CT molecular complexity index is 605. The molecule has 29 heavy (non-hydrogen) atoms. The van der Waals surface area contributed by atoms with Gasteiger partial charge in [0, 0.05) is 11.5 Å². The van der Waals surface area contributed by atoms with Gasteiger partial charge in [0.2, 0.25) is 0 Å². The van der Waals surface area contributed by atoms with E-state index in [1.165, 1.54) is 77.0 Å².